The molecule has 1 aliphatic heterocycles. The summed E-state index contributed by atoms with van der Waals surface area (Å²) in [6, 6.07) is 14.7. The summed E-state index contributed by atoms with van der Waals surface area (Å²) in [6.07, 6.45) is 3.97. The van der Waals surface area contributed by atoms with E-state index in [-0.39, 0.29) is 17.6 Å². The third kappa shape index (κ3) is 4.35. The monoisotopic (exact) mass is 404 g/mol. The summed E-state index contributed by atoms with van der Waals surface area (Å²) in [6.45, 7) is 4.87. The molecular formula is C23H24N4O3. The van der Waals surface area contributed by atoms with E-state index in [0.717, 1.165) is 36.5 Å². The van der Waals surface area contributed by atoms with Gasteiger partial charge in [0.25, 0.3) is 11.8 Å². The molecule has 1 aromatic carbocycles. The summed E-state index contributed by atoms with van der Waals surface area (Å²) >= 11 is 0. The number of aromatic nitrogens is 1. The van der Waals surface area contributed by atoms with Crippen LogP contribution in [0.5, 0.6) is 0 Å². The molecule has 4 rings (SSSR count). The smallest absolute Gasteiger partial charge is 0.291 e. The van der Waals surface area contributed by atoms with Crippen molar-refractivity contribution in [1.82, 2.24) is 9.88 Å². The Morgan fingerprint density at radius 1 is 1.00 bits per heavy atom. The van der Waals surface area contributed by atoms with Gasteiger partial charge in [-0.2, -0.15) is 0 Å². The lowest BCUT2D eigenvalue weighted by Gasteiger charge is -2.23. The van der Waals surface area contributed by atoms with Crippen LogP contribution < -0.4 is 10.2 Å². The molecule has 7 heteroatoms. The second kappa shape index (κ2) is 8.82. The maximum Gasteiger partial charge on any atom is 0.291 e. The molecule has 0 unspecified atom stereocenters. The molecule has 0 spiro atoms. The summed E-state index contributed by atoms with van der Waals surface area (Å²) in [5, 5.41) is 2.77. The number of benzene rings is 1. The molecule has 3 aromatic rings. The Hall–Kier alpha value is -3.61. The molecule has 30 heavy (non-hydrogen) atoms. The predicted octanol–water partition coefficient (Wildman–Crippen LogP) is 3.59. The number of rotatable bonds is 4. The van der Waals surface area contributed by atoms with Crippen LogP contribution in [-0.2, 0) is 0 Å². The number of hydrogen-bond donors (Lipinski definition) is 1. The molecule has 1 N–H and O–H groups in total. The van der Waals surface area contributed by atoms with Crippen molar-refractivity contribution in [2.45, 2.75) is 13.3 Å². The lowest BCUT2D eigenvalue weighted by Crippen LogP contribution is -2.35. The Labute approximate surface area is 175 Å². The Morgan fingerprint density at radius 2 is 1.87 bits per heavy atom. The van der Waals surface area contributed by atoms with Crippen molar-refractivity contribution in [1.29, 1.82) is 0 Å². The van der Waals surface area contributed by atoms with E-state index in [1.165, 1.54) is 6.26 Å². The van der Waals surface area contributed by atoms with Gasteiger partial charge in [0.15, 0.2) is 5.76 Å². The molecule has 2 aromatic heterocycles. The average molecular weight is 404 g/mol. The van der Waals surface area contributed by atoms with Crippen molar-refractivity contribution in [2.75, 3.05) is 36.4 Å². The molecule has 0 radical (unpaired) electrons. The predicted molar refractivity (Wildman–Crippen MR) is 115 cm³/mol. The Morgan fingerprint density at radius 3 is 2.60 bits per heavy atom. The molecule has 1 saturated heterocycles. The Bertz CT molecular complexity index is 1020. The first kappa shape index (κ1) is 19.7. The van der Waals surface area contributed by atoms with Crippen LogP contribution >= 0.6 is 0 Å². The van der Waals surface area contributed by atoms with Gasteiger partial charge in [0.1, 0.15) is 5.82 Å². The third-order valence-corrected chi connectivity index (χ3v) is 5.23. The second-order valence-corrected chi connectivity index (χ2v) is 7.28. The topological polar surface area (TPSA) is 78.7 Å². The molecule has 3 heterocycles. The van der Waals surface area contributed by atoms with Gasteiger partial charge in [-0.25, -0.2) is 4.98 Å². The fraction of sp³-hybridized carbons (Fsp3) is 0.261. The highest BCUT2D eigenvalue weighted by atomic mass is 16.3. The first-order valence-electron chi connectivity index (χ1n) is 10.0. The minimum Gasteiger partial charge on any atom is -0.459 e. The van der Waals surface area contributed by atoms with Gasteiger partial charge in [0.2, 0.25) is 0 Å². The quantitative estimate of drug-likeness (QED) is 0.719. The van der Waals surface area contributed by atoms with Crippen LogP contribution in [0.4, 0.5) is 11.5 Å². The standard InChI is InChI=1S/C23H24N4O3/c1-17-6-2-3-7-19(17)23(29)27-12-5-11-26(13-14-27)21-10-9-18(16-24-21)25-22(28)20-8-4-15-30-20/h2-4,6-10,15-16H,5,11-14H2,1H3,(H,25,28). The zero-order valence-corrected chi connectivity index (χ0v) is 16.9. The van der Waals surface area contributed by atoms with E-state index in [2.05, 4.69) is 15.2 Å². The highest BCUT2D eigenvalue weighted by Gasteiger charge is 2.22. The number of pyridine rings is 1. The molecule has 2 amide bonds. The minimum atomic E-state index is -0.310. The minimum absolute atomic E-state index is 0.0823. The van der Waals surface area contributed by atoms with Crippen molar-refractivity contribution >= 4 is 23.3 Å². The van der Waals surface area contributed by atoms with Gasteiger partial charge in [-0.15, -0.1) is 0 Å². The summed E-state index contributed by atoms with van der Waals surface area (Å²) in [4.78, 5) is 33.6. The average Bonchev–Trinajstić information content (AvgIpc) is 3.19. The van der Waals surface area contributed by atoms with Crippen LogP contribution in [0.1, 0.15) is 32.9 Å². The van der Waals surface area contributed by atoms with Crippen LogP contribution in [-0.4, -0.2) is 47.9 Å². The molecule has 0 saturated carbocycles. The Kier molecular flexibility index (Phi) is 5.79. The molecular weight excluding hydrogens is 380 g/mol. The van der Waals surface area contributed by atoms with Crippen LogP contribution in [0.3, 0.4) is 0 Å². The molecule has 0 atom stereocenters. The molecule has 1 aliphatic rings. The molecule has 1 fully saturated rings. The number of hydrogen-bond acceptors (Lipinski definition) is 5. The zero-order valence-electron chi connectivity index (χ0n) is 16.9. The number of aryl methyl sites for hydroxylation is 1. The number of amides is 2. The number of nitrogens with one attached hydrogen (secondary N) is 1. The van der Waals surface area contributed by atoms with E-state index >= 15 is 0 Å². The highest BCUT2D eigenvalue weighted by molar-refractivity contribution is 6.02. The SMILES string of the molecule is Cc1ccccc1C(=O)N1CCCN(c2ccc(NC(=O)c3ccco3)cn2)CC1. The van der Waals surface area contributed by atoms with Gasteiger partial charge in [-0.3, -0.25) is 9.59 Å². The van der Waals surface area contributed by atoms with Crippen molar-refractivity contribution in [2.24, 2.45) is 0 Å². The summed E-state index contributed by atoms with van der Waals surface area (Å²) in [5.74, 6) is 0.856. The van der Waals surface area contributed by atoms with Gasteiger partial charge < -0.3 is 19.5 Å². The van der Waals surface area contributed by atoms with E-state index in [9.17, 15) is 9.59 Å². The number of furan rings is 1. The van der Waals surface area contributed by atoms with Crippen LogP contribution in [0.15, 0.2) is 65.4 Å². The van der Waals surface area contributed by atoms with E-state index in [1.54, 1.807) is 18.3 Å². The van der Waals surface area contributed by atoms with Crippen LogP contribution in [0.2, 0.25) is 0 Å². The van der Waals surface area contributed by atoms with E-state index in [1.807, 2.05) is 48.2 Å². The fourth-order valence-electron chi connectivity index (χ4n) is 3.58. The number of carbonyl (C=O) groups excluding carboxylic acids is 2. The third-order valence-electron chi connectivity index (χ3n) is 5.23. The van der Waals surface area contributed by atoms with Crippen molar-refractivity contribution in [3.63, 3.8) is 0 Å². The zero-order chi connectivity index (χ0) is 20.9. The highest BCUT2D eigenvalue weighted by Crippen LogP contribution is 2.19. The van der Waals surface area contributed by atoms with Gasteiger partial charge in [-0.05, 0) is 49.2 Å². The lowest BCUT2D eigenvalue weighted by molar-refractivity contribution is 0.0766. The maximum absolute atomic E-state index is 12.9. The van der Waals surface area contributed by atoms with Gasteiger partial charge in [0.05, 0.1) is 18.1 Å². The maximum atomic E-state index is 12.9. The first-order chi connectivity index (χ1) is 14.6. The normalized spacial score (nSPS) is 14.3. The number of anilines is 2. The first-order valence-corrected chi connectivity index (χ1v) is 10.0. The van der Waals surface area contributed by atoms with E-state index in [4.69, 9.17) is 4.42 Å². The van der Waals surface area contributed by atoms with Crippen LogP contribution in [0.25, 0.3) is 0 Å². The summed E-state index contributed by atoms with van der Waals surface area (Å²) in [7, 11) is 0. The molecule has 0 aliphatic carbocycles. The van der Waals surface area contributed by atoms with E-state index < -0.39 is 0 Å². The van der Waals surface area contributed by atoms with Gasteiger partial charge in [-0.1, -0.05) is 18.2 Å². The summed E-state index contributed by atoms with van der Waals surface area (Å²) in [5.41, 5.74) is 2.37. The molecule has 0 bridgehead atoms. The number of nitrogens with zero attached hydrogens (tertiary/aromatic N) is 3. The molecule has 7 nitrogen and oxygen atoms in total. The van der Waals surface area contributed by atoms with Crippen molar-refractivity contribution in [3.8, 4) is 0 Å². The van der Waals surface area contributed by atoms with Crippen molar-refractivity contribution in [3.05, 3.63) is 77.9 Å². The van der Waals surface area contributed by atoms with Gasteiger partial charge in [0, 0.05) is 31.7 Å². The van der Waals surface area contributed by atoms with Crippen molar-refractivity contribution < 1.29 is 14.0 Å². The fourth-order valence-corrected chi connectivity index (χ4v) is 3.58. The lowest BCUT2D eigenvalue weighted by atomic mass is 10.1. The molecule has 154 valence electrons. The van der Waals surface area contributed by atoms with Crippen LogP contribution in [0, 0.1) is 6.92 Å². The Balaban J connectivity index is 1.38. The van der Waals surface area contributed by atoms with Gasteiger partial charge >= 0.3 is 0 Å². The second-order valence-electron chi connectivity index (χ2n) is 7.28. The number of carbonyl (C=O) groups is 2. The summed E-state index contributed by atoms with van der Waals surface area (Å²) < 4.78 is 5.10. The largest absolute Gasteiger partial charge is 0.459 e. The van der Waals surface area contributed by atoms with E-state index in [0.29, 0.717) is 18.8 Å².